The molecule has 1 aromatic rings. The van der Waals surface area contributed by atoms with Crippen LogP contribution in [0.1, 0.15) is 50.3 Å². The number of nitrogens with zero attached hydrogens (tertiary/aromatic N) is 2. The maximum atomic E-state index is 4.33. The number of piperidine rings is 1. The van der Waals surface area contributed by atoms with E-state index in [0.29, 0.717) is 5.92 Å². The third-order valence-corrected chi connectivity index (χ3v) is 5.87. The highest BCUT2D eigenvalue weighted by molar-refractivity contribution is 14.0. The lowest BCUT2D eigenvalue weighted by molar-refractivity contribution is 0.181. The number of hydrogen-bond donors (Lipinski definition) is 2. The van der Waals surface area contributed by atoms with E-state index in [-0.39, 0.29) is 24.0 Å². The van der Waals surface area contributed by atoms with Crippen LogP contribution in [0, 0.1) is 5.92 Å². The molecule has 0 bridgehead atoms. The maximum absolute atomic E-state index is 4.33. The van der Waals surface area contributed by atoms with Crippen molar-refractivity contribution in [1.82, 2.24) is 15.5 Å². The van der Waals surface area contributed by atoms with Gasteiger partial charge in [0.1, 0.15) is 0 Å². The number of rotatable bonds is 8. The molecule has 144 valence electrons. The topological polar surface area (TPSA) is 39.7 Å². The zero-order chi connectivity index (χ0) is 17.2. The molecule has 1 aromatic heterocycles. The highest BCUT2D eigenvalue weighted by Crippen LogP contribution is 2.19. The molecule has 0 saturated carbocycles. The van der Waals surface area contributed by atoms with Crippen LogP contribution in [0.25, 0.3) is 0 Å². The van der Waals surface area contributed by atoms with Gasteiger partial charge in [-0.05, 0) is 56.1 Å². The first-order chi connectivity index (χ1) is 11.7. The summed E-state index contributed by atoms with van der Waals surface area (Å²) in [5, 5.41) is 9.02. The van der Waals surface area contributed by atoms with E-state index < -0.39 is 0 Å². The Balaban J connectivity index is 0.00000312. The van der Waals surface area contributed by atoms with Gasteiger partial charge in [-0.15, -0.1) is 35.3 Å². The number of halogens is 1. The van der Waals surface area contributed by atoms with Crippen LogP contribution in [0.15, 0.2) is 22.5 Å². The Morgan fingerprint density at radius 2 is 2.24 bits per heavy atom. The quantitative estimate of drug-likeness (QED) is 0.255. The van der Waals surface area contributed by atoms with Crippen molar-refractivity contribution in [3.8, 4) is 0 Å². The fourth-order valence-electron chi connectivity index (χ4n) is 3.30. The summed E-state index contributed by atoms with van der Waals surface area (Å²) in [5.74, 6) is 2.32. The molecule has 4 nitrogen and oxygen atoms in total. The van der Waals surface area contributed by atoms with Crippen molar-refractivity contribution < 1.29 is 0 Å². The molecule has 0 spiro atoms. The number of guanidine groups is 1. The number of hydrogen-bond acceptors (Lipinski definition) is 3. The largest absolute Gasteiger partial charge is 0.356 e. The standard InChI is InChI=1S/C19H34N4S.HI/c1-16-8-6-12-23(15-16)11-5-4-10-21-19(20-3)22-14-17(2)18-9-7-13-24-18;/h7,9,13,16-17H,4-6,8,10-12,14-15H2,1-3H3,(H2,20,21,22);1H. The first kappa shape index (κ1) is 22.7. The number of nitrogens with one attached hydrogen (secondary N) is 2. The maximum Gasteiger partial charge on any atom is 0.190 e. The monoisotopic (exact) mass is 478 g/mol. The van der Waals surface area contributed by atoms with Gasteiger partial charge in [0, 0.05) is 37.5 Å². The Morgan fingerprint density at radius 1 is 1.40 bits per heavy atom. The third kappa shape index (κ3) is 8.73. The van der Waals surface area contributed by atoms with Crippen molar-refractivity contribution in [3.63, 3.8) is 0 Å². The summed E-state index contributed by atoms with van der Waals surface area (Å²) in [5.41, 5.74) is 0. The molecule has 6 heteroatoms. The molecule has 1 aliphatic heterocycles. The van der Waals surface area contributed by atoms with Gasteiger partial charge >= 0.3 is 0 Å². The van der Waals surface area contributed by atoms with Gasteiger partial charge in [-0.3, -0.25) is 4.99 Å². The van der Waals surface area contributed by atoms with Crippen molar-refractivity contribution in [2.24, 2.45) is 10.9 Å². The molecule has 0 amide bonds. The SMILES string of the molecule is CN=C(NCCCCN1CCCC(C)C1)NCC(C)c1cccs1.I. The second-order valence-corrected chi connectivity index (χ2v) is 8.03. The summed E-state index contributed by atoms with van der Waals surface area (Å²) in [6.07, 6.45) is 5.25. The van der Waals surface area contributed by atoms with E-state index in [0.717, 1.165) is 25.0 Å². The predicted octanol–water partition coefficient (Wildman–Crippen LogP) is 4.15. The average molecular weight is 478 g/mol. The van der Waals surface area contributed by atoms with Gasteiger partial charge in [-0.25, -0.2) is 0 Å². The molecular formula is C19H35IN4S. The number of unbranched alkanes of at least 4 members (excludes halogenated alkanes) is 1. The molecule has 0 radical (unpaired) electrons. The van der Waals surface area contributed by atoms with Gasteiger partial charge in [-0.2, -0.15) is 0 Å². The van der Waals surface area contributed by atoms with Gasteiger partial charge in [0.15, 0.2) is 5.96 Å². The van der Waals surface area contributed by atoms with Crippen LogP contribution in [0.3, 0.4) is 0 Å². The molecule has 25 heavy (non-hydrogen) atoms. The molecule has 0 aromatic carbocycles. The predicted molar refractivity (Wildman–Crippen MR) is 122 cm³/mol. The lowest BCUT2D eigenvalue weighted by atomic mass is 10.0. The Morgan fingerprint density at radius 3 is 2.92 bits per heavy atom. The number of thiophene rings is 1. The molecule has 2 N–H and O–H groups in total. The number of likely N-dealkylation sites (tertiary alicyclic amines) is 1. The first-order valence-electron chi connectivity index (χ1n) is 9.39. The molecule has 1 saturated heterocycles. The van der Waals surface area contributed by atoms with Gasteiger partial charge in [0.05, 0.1) is 0 Å². The zero-order valence-corrected chi connectivity index (χ0v) is 19.1. The Labute approximate surface area is 174 Å². The van der Waals surface area contributed by atoms with Crippen LogP contribution in [0.2, 0.25) is 0 Å². The second-order valence-electron chi connectivity index (χ2n) is 7.05. The van der Waals surface area contributed by atoms with E-state index in [9.17, 15) is 0 Å². The summed E-state index contributed by atoms with van der Waals surface area (Å²) in [6, 6.07) is 4.32. The second kappa shape index (κ2) is 12.9. The minimum absolute atomic E-state index is 0. The highest BCUT2D eigenvalue weighted by Gasteiger charge is 2.15. The van der Waals surface area contributed by atoms with Crippen LogP contribution in [0.4, 0.5) is 0 Å². The van der Waals surface area contributed by atoms with E-state index in [2.05, 4.69) is 51.9 Å². The van der Waals surface area contributed by atoms with Crippen molar-refractivity contribution in [1.29, 1.82) is 0 Å². The van der Waals surface area contributed by atoms with Crippen LogP contribution >= 0.6 is 35.3 Å². The molecule has 2 atom stereocenters. The van der Waals surface area contributed by atoms with Crippen molar-refractivity contribution in [3.05, 3.63) is 22.4 Å². The molecule has 1 fully saturated rings. The zero-order valence-electron chi connectivity index (χ0n) is 16.0. The summed E-state index contributed by atoms with van der Waals surface area (Å²) >= 11 is 1.82. The van der Waals surface area contributed by atoms with Gasteiger partial charge < -0.3 is 15.5 Å². The van der Waals surface area contributed by atoms with Crippen LogP contribution < -0.4 is 10.6 Å². The molecule has 2 heterocycles. The lowest BCUT2D eigenvalue weighted by Gasteiger charge is -2.30. The van der Waals surface area contributed by atoms with E-state index in [4.69, 9.17) is 0 Å². The molecule has 2 unspecified atom stereocenters. The first-order valence-corrected chi connectivity index (χ1v) is 10.3. The molecule has 2 rings (SSSR count). The molecular weight excluding hydrogens is 443 g/mol. The van der Waals surface area contributed by atoms with Gasteiger partial charge in [0.2, 0.25) is 0 Å². The Bertz CT molecular complexity index is 478. The molecule has 0 aliphatic carbocycles. The average Bonchev–Trinajstić information content (AvgIpc) is 3.12. The van der Waals surface area contributed by atoms with E-state index >= 15 is 0 Å². The van der Waals surface area contributed by atoms with E-state index in [1.807, 2.05) is 18.4 Å². The Kier molecular flexibility index (Phi) is 11.7. The summed E-state index contributed by atoms with van der Waals surface area (Å²) in [6.45, 7) is 10.4. The summed E-state index contributed by atoms with van der Waals surface area (Å²) < 4.78 is 0. The minimum Gasteiger partial charge on any atom is -0.356 e. The fraction of sp³-hybridized carbons (Fsp3) is 0.737. The fourth-order valence-corrected chi connectivity index (χ4v) is 4.09. The van der Waals surface area contributed by atoms with E-state index in [1.54, 1.807) is 0 Å². The normalized spacial score (nSPS) is 20.0. The van der Waals surface area contributed by atoms with Crippen molar-refractivity contribution in [2.75, 3.05) is 39.8 Å². The van der Waals surface area contributed by atoms with Gasteiger partial charge in [-0.1, -0.05) is 19.9 Å². The lowest BCUT2D eigenvalue weighted by Crippen LogP contribution is -2.39. The van der Waals surface area contributed by atoms with Crippen LogP contribution in [0.5, 0.6) is 0 Å². The number of aliphatic imine (C=N–C) groups is 1. The van der Waals surface area contributed by atoms with E-state index in [1.165, 1.54) is 50.2 Å². The van der Waals surface area contributed by atoms with Crippen LogP contribution in [-0.2, 0) is 0 Å². The minimum atomic E-state index is 0. The van der Waals surface area contributed by atoms with Crippen molar-refractivity contribution >= 4 is 41.3 Å². The smallest absolute Gasteiger partial charge is 0.190 e. The Hall–Kier alpha value is -0.340. The highest BCUT2D eigenvalue weighted by atomic mass is 127. The van der Waals surface area contributed by atoms with Gasteiger partial charge in [0.25, 0.3) is 0 Å². The summed E-state index contributed by atoms with van der Waals surface area (Å²) in [7, 11) is 1.85. The molecule has 1 aliphatic rings. The third-order valence-electron chi connectivity index (χ3n) is 4.76. The van der Waals surface area contributed by atoms with Crippen molar-refractivity contribution in [2.45, 2.75) is 45.4 Å². The summed E-state index contributed by atoms with van der Waals surface area (Å²) in [4.78, 5) is 8.38. The van der Waals surface area contributed by atoms with Crippen LogP contribution in [-0.4, -0.2) is 50.6 Å².